The summed E-state index contributed by atoms with van der Waals surface area (Å²) < 4.78 is 10.8. The van der Waals surface area contributed by atoms with Crippen molar-refractivity contribution in [3.05, 3.63) is 0 Å². The molecule has 0 aromatic rings. The molecule has 0 aliphatic carbocycles. The summed E-state index contributed by atoms with van der Waals surface area (Å²) in [7, 11) is 0. The average molecular weight is 270 g/mol. The number of hydrogen-bond acceptors (Lipinski definition) is 5. The van der Waals surface area contributed by atoms with E-state index in [1.807, 2.05) is 13.8 Å². The Balaban J connectivity index is 1.62. The quantitative estimate of drug-likeness (QED) is 0.718. The van der Waals surface area contributed by atoms with Crippen LogP contribution in [0.5, 0.6) is 0 Å². The predicted octanol–water partition coefficient (Wildman–Crippen LogP) is 0.638. The topological polar surface area (TPSA) is 50.8 Å². The molecule has 5 heteroatoms. The van der Waals surface area contributed by atoms with Gasteiger partial charge in [0.15, 0.2) is 0 Å². The van der Waals surface area contributed by atoms with E-state index in [0.717, 1.165) is 19.7 Å². The van der Waals surface area contributed by atoms with Crippen LogP contribution in [0.25, 0.3) is 0 Å². The van der Waals surface area contributed by atoms with E-state index in [1.165, 1.54) is 19.4 Å². The highest BCUT2D eigenvalue weighted by Crippen LogP contribution is 2.22. The molecule has 0 aromatic heterocycles. The molecule has 2 aliphatic heterocycles. The molecule has 2 aliphatic rings. The van der Waals surface area contributed by atoms with Crippen molar-refractivity contribution >= 4 is 5.97 Å². The normalized spacial score (nSPS) is 28.9. The second-order valence-corrected chi connectivity index (χ2v) is 5.56. The van der Waals surface area contributed by atoms with Gasteiger partial charge >= 0.3 is 5.97 Å². The fraction of sp³-hybridized carbons (Fsp3) is 0.929. The minimum absolute atomic E-state index is 0.0944. The van der Waals surface area contributed by atoms with Crippen LogP contribution < -0.4 is 5.32 Å². The Morgan fingerprint density at radius 3 is 3.21 bits per heavy atom. The lowest BCUT2D eigenvalue weighted by molar-refractivity contribution is -0.147. The predicted molar refractivity (Wildman–Crippen MR) is 73.0 cm³/mol. The van der Waals surface area contributed by atoms with E-state index in [4.69, 9.17) is 9.47 Å². The Morgan fingerprint density at radius 2 is 2.42 bits per heavy atom. The van der Waals surface area contributed by atoms with Gasteiger partial charge in [-0.05, 0) is 26.3 Å². The van der Waals surface area contributed by atoms with E-state index in [0.29, 0.717) is 19.2 Å². The van der Waals surface area contributed by atoms with E-state index in [9.17, 15) is 4.79 Å². The third-order valence-corrected chi connectivity index (χ3v) is 3.97. The van der Waals surface area contributed by atoms with E-state index in [2.05, 4.69) is 10.2 Å². The molecule has 1 N–H and O–H groups in total. The zero-order chi connectivity index (χ0) is 13.7. The van der Waals surface area contributed by atoms with Crippen LogP contribution in [-0.2, 0) is 14.3 Å². The lowest BCUT2D eigenvalue weighted by Gasteiger charge is -2.35. The number of ether oxygens (including phenoxy) is 2. The van der Waals surface area contributed by atoms with Gasteiger partial charge in [-0.3, -0.25) is 9.69 Å². The highest BCUT2D eigenvalue weighted by Gasteiger charge is 2.31. The molecule has 0 aromatic carbocycles. The van der Waals surface area contributed by atoms with Gasteiger partial charge in [0.05, 0.1) is 25.2 Å². The number of fused-ring (bicyclic) bond motifs is 1. The lowest BCUT2D eigenvalue weighted by Crippen LogP contribution is -2.49. The standard InChI is InChI=1S/C14H26N2O3/c1-3-18-14(17)11(2)7-15-8-13-9-16-6-4-5-12(16)10-19-13/h11-13,15H,3-10H2,1-2H3. The van der Waals surface area contributed by atoms with Crippen LogP contribution in [0, 0.1) is 5.92 Å². The van der Waals surface area contributed by atoms with Gasteiger partial charge in [0.25, 0.3) is 0 Å². The number of rotatable bonds is 6. The minimum atomic E-state index is -0.126. The summed E-state index contributed by atoms with van der Waals surface area (Å²) in [5.41, 5.74) is 0. The van der Waals surface area contributed by atoms with Crippen molar-refractivity contribution in [3.8, 4) is 0 Å². The number of morpholine rings is 1. The third-order valence-electron chi connectivity index (χ3n) is 3.97. The van der Waals surface area contributed by atoms with Crippen LogP contribution in [0.2, 0.25) is 0 Å². The summed E-state index contributed by atoms with van der Waals surface area (Å²) in [6.45, 7) is 8.74. The Kier molecular flexibility index (Phi) is 5.60. The van der Waals surface area contributed by atoms with Crippen molar-refractivity contribution in [1.82, 2.24) is 10.2 Å². The van der Waals surface area contributed by atoms with Gasteiger partial charge in [0, 0.05) is 25.7 Å². The Hall–Kier alpha value is -0.650. The molecule has 2 heterocycles. The Bertz CT molecular complexity index is 298. The largest absolute Gasteiger partial charge is 0.466 e. The first kappa shape index (κ1) is 14.8. The second kappa shape index (κ2) is 7.22. The molecule has 0 amide bonds. The summed E-state index contributed by atoms with van der Waals surface area (Å²) >= 11 is 0. The first-order chi connectivity index (χ1) is 9.20. The first-order valence-electron chi connectivity index (χ1n) is 7.43. The van der Waals surface area contributed by atoms with Crippen molar-refractivity contribution in [2.24, 2.45) is 5.92 Å². The zero-order valence-corrected chi connectivity index (χ0v) is 12.1. The van der Waals surface area contributed by atoms with Gasteiger partial charge in [0.1, 0.15) is 0 Å². The Morgan fingerprint density at radius 1 is 1.58 bits per heavy atom. The molecule has 19 heavy (non-hydrogen) atoms. The molecule has 110 valence electrons. The third kappa shape index (κ3) is 4.16. The second-order valence-electron chi connectivity index (χ2n) is 5.56. The van der Waals surface area contributed by atoms with E-state index >= 15 is 0 Å². The first-order valence-corrected chi connectivity index (χ1v) is 7.43. The van der Waals surface area contributed by atoms with Crippen molar-refractivity contribution in [2.45, 2.75) is 38.8 Å². The molecule has 2 rings (SSSR count). The van der Waals surface area contributed by atoms with Gasteiger partial charge in [-0.1, -0.05) is 6.92 Å². The summed E-state index contributed by atoms with van der Waals surface area (Å²) in [4.78, 5) is 14.0. The van der Waals surface area contributed by atoms with Crippen LogP contribution in [-0.4, -0.2) is 62.4 Å². The summed E-state index contributed by atoms with van der Waals surface area (Å²) in [6.07, 6.45) is 2.83. The molecule has 0 bridgehead atoms. The maximum absolute atomic E-state index is 11.5. The van der Waals surface area contributed by atoms with Crippen LogP contribution in [0.15, 0.2) is 0 Å². The van der Waals surface area contributed by atoms with E-state index < -0.39 is 0 Å². The molecular formula is C14H26N2O3. The average Bonchev–Trinajstić information content (AvgIpc) is 2.86. The van der Waals surface area contributed by atoms with Crippen molar-refractivity contribution in [1.29, 1.82) is 0 Å². The number of nitrogens with zero attached hydrogens (tertiary/aromatic N) is 1. The van der Waals surface area contributed by atoms with Gasteiger partial charge in [-0.15, -0.1) is 0 Å². The van der Waals surface area contributed by atoms with Crippen LogP contribution >= 0.6 is 0 Å². The SMILES string of the molecule is CCOC(=O)C(C)CNCC1CN2CCCC2CO1. The number of carbonyl (C=O) groups excluding carboxylic acids is 1. The van der Waals surface area contributed by atoms with Crippen molar-refractivity contribution in [3.63, 3.8) is 0 Å². The van der Waals surface area contributed by atoms with Crippen LogP contribution in [0.3, 0.4) is 0 Å². The molecule has 2 saturated heterocycles. The molecule has 2 fully saturated rings. The lowest BCUT2D eigenvalue weighted by atomic mass is 10.1. The molecule has 3 unspecified atom stereocenters. The van der Waals surface area contributed by atoms with Crippen LogP contribution in [0.4, 0.5) is 0 Å². The van der Waals surface area contributed by atoms with Gasteiger partial charge < -0.3 is 14.8 Å². The molecule has 3 atom stereocenters. The van der Waals surface area contributed by atoms with E-state index in [-0.39, 0.29) is 18.0 Å². The molecular weight excluding hydrogens is 244 g/mol. The summed E-state index contributed by atoms with van der Waals surface area (Å²) in [6, 6.07) is 0.648. The van der Waals surface area contributed by atoms with Crippen LogP contribution in [0.1, 0.15) is 26.7 Å². The van der Waals surface area contributed by atoms with Gasteiger partial charge in [0.2, 0.25) is 0 Å². The van der Waals surface area contributed by atoms with Crippen molar-refractivity contribution < 1.29 is 14.3 Å². The minimum Gasteiger partial charge on any atom is -0.466 e. The van der Waals surface area contributed by atoms with E-state index in [1.54, 1.807) is 0 Å². The summed E-state index contributed by atoms with van der Waals surface area (Å²) in [5, 5.41) is 3.32. The number of hydrogen-bond donors (Lipinski definition) is 1. The molecule has 0 spiro atoms. The van der Waals surface area contributed by atoms with Gasteiger partial charge in [-0.25, -0.2) is 0 Å². The molecule has 5 nitrogen and oxygen atoms in total. The highest BCUT2D eigenvalue weighted by molar-refractivity contribution is 5.72. The summed E-state index contributed by atoms with van der Waals surface area (Å²) in [5.74, 6) is -0.220. The maximum atomic E-state index is 11.5. The smallest absolute Gasteiger partial charge is 0.309 e. The van der Waals surface area contributed by atoms with Crippen molar-refractivity contribution in [2.75, 3.05) is 39.4 Å². The molecule has 0 saturated carbocycles. The zero-order valence-electron chi connectivity index (χ0n) is 12.1. The monoisotopic (exact) mass is 270 g/mol. The molecule has 0 radical (unpaired) electrons. The number of esters is 1. The van der Waals surface area contributed by atoms with Gasteiger partial charge in [-0.2, -0.15) is 0 Å². The number of nitrogens with one attached hydrogen (secondary N) is 1. The fourth-order valence-electron chi connectivity index (χ4n) is 2.84. The highest BCUT2D eigenvalue weighted by atomic mass is 16.5. The maximum Gasteiger partial charge on any atom is 0.309 e. The Labute approximate surface area is 115 Å². The number of carbonyl (C=O) groups is 1. The fourth-order valence-corrected chi connectivity index (χ4v) is 2.84.